The summed E-state index contributed by atoms with van der Waals surface area (Å²) < 4.78 is 0. The lowest BCUT2D eigenvalue weighted by Gasteiger charge is -2.30. The fourth-order valence-corrected chi connectivity index (χ4v) is 10.2. The van der Waals surface area contributed by atoms with Crippen molar-refractivity contribution in [3.63, 3.8) is 0 Å². The van der Waals surface area contributed by atoms with E-state index in [1.165, 1.54) is 55.7 Å². The van der Waals surface area contributed by atoms with Crippen molar-refractivity contribution in [2.24, 2.45) is 0 Å². The zero-order chi connectivity index (χ0) is 25.4. The molecular formula is C35H36Si. The van der Waals surface area contributed by atoms with Gasteiger partial charge in [-0.3, -0.25) is 0 Å². The molecule has 0 amide bonds. The Kier molecular flexibility index (Phi) is 6.45. The van der Waals surface area contributed by atoms with E-state index in [0.29, 0.717) is 0 Å². The number of allylic oxidation sites excluding steroid dienone is 2. The standard InChI is InChI=1S/C35H36Si/c1-7-36(6)34(30-18-10-14-26(4)22-30)32(28-16-8-12-24(2)20-28)33(29-17-9-13-25(3)21-29)35(36)31-19-11-15-27(5)23-31/h8-23H,7H2,1-6H3. The highest BCUT2D eigenvalue weighted by molar-refractivity contribution is 7.13. The van der Waals surface area contributed by atoms with Crippen LogP contribution >= 0.6 is 0 Å². The van der Waals surface area contributed by atoms with E-state index in [1.54, 1.807) is 10.4 Å². The van der Waals surface area contributed by atoms with Gasteiger partial charge in [-0.25, -0.2) is 0 Å². The molecule has 0 saturated carbocycles. The van der Waals surface area contributed by atoms with Crippen LogP contribution in [0.15, 0.2) is 97.1 Å². The maximum absolute atomic E-state index is 2.60. The van der Waals surface area contributed by atoms with Crippen molar-refractivity contribution in [2.45, 2.75) is 47.2 Å². The third-order valence-corrected chi connectivity index (χ3v) is 12.5. The summed E-state index contributed by atoms with van der Waals surface area (Å²) in [4.78, 5) is 0. The van der Waals surface area contributed by atoms with E-state index in [-0.39, 0.29) is 0 Å². The summed E-state index contributed by atoms with van der Waals surface area (Å²) in [6, 6.07) is 37.8. The minimum absolute atomic E-state index is 1.16. The van der Waals surface area contributed by atoms with E-state index in [1.807, 2.05) is 0 Å². The van der Waals surface area contributed by atoms with Crippen LogP contribution in [0.5, 0.6) is 0 Å². The van der Waals surface area contributed by atoms with Crippen LogP contribution in [-0.2, 0) is 0 Å². The molecule has 0 saturated heterocycles. The van der Waals surface area contributed by atoms with Crippen molar-refractivity contribution in [2.75, 3.05) is 0 Å². The van der Waals surface area contributed by atoms with Gasteiger partial charge in [-0.05, 0) is 71.5 Å². The van der Waals surface area contributed by atoms with Crippen molar-refractivity contribution in [3.05, 3.63) is 142 Å². The molecule has 0 bridgehead atoms. The Morgan fingerprint density at radius 2 is 0.778 bits per heavy atom. The Labute approximate surface area is 218 Å². The Bertz CT molecular complexity index is 1400. The summed E-state index contributed by atoms with van der Waals surface area (Å²) >= 11 is 0. The summed E-state index contributed by atoms with van der Waals surface area (Å²) in [7, 11) is -2.11. The summed E-state index contributed by atoms with van der Waals surface area (Å²) in [5.74, 6) is 0. The molecule has 0 fully saturated rings. The van der Waals surface area contributed by atoms with Gasteiger partial charge >= 0.3 is 0 Å². The Balaban J connectivity index is 1.98. The Morgan fingerprint density at radius 3 is 1.08 bits per heavy atom. The molecule has 1 aliphatic rings. The number of hydrogen-bond donors (Lipinski definition) is 0. The lowest BCUT2D eigenvalue weighted by molar-refractivity contribution is 1.39. The zero-order valence-electron chi connectivity index (χ0n) is 22.4. The van der Waals surface area contributed by atoms with Crippen molar-refractivity contribution >= 4 is 29.6 Å². The normalized spacial score (nSPS) is 15.1. The summed E-state index contributed by atoms with van der Waals surface area (Å²) in [6.07, 6.45) is 0. The second kappa shape index (κ2) is 9.56. The lowest BCUT2D eigenvalue weighted by atomic mass is 9.88. The molecule has 0 unspecified atom stereocenters. The van der Waals surface area contributed by atoms with E-state index in [4.69, 9.17) is 0 Å². The highest BCUT2D eigenvalue weighted by atomic mass is 28.3. The van der Waals surface area contributed by atoms with Gasteiger partial charge in [-0.15, -0.1) is 0 Å². The lowest BCUT2D eigenvalue weighted by Crippen LogP contribution is -2.32. The van der Waals surface area contributed by atoms with E-state index in [2.05, 4.69) is 138 Å². The third-order valence-electron chi connectivity index (χ3n) is 7.79. The average Bonchev–Trinajstić information content (AvgIpc) is 3.14. The van der Waals surface area contributed by atoms with Crippen molar-refractivity contribution < 1.29 is 0 Å². The monoisotopic (exact) mass is 484 g/mol. The van der Waals surface area contributed by atoms with Crippen LogP contribution in [0, 0.1) is 27.7 Å². The first kappa shape index (κ1) is 24.3. The van der Waals surface area contributed by atoms with Gasteiger partial charge in [0.1, 0.15) is 8.07 Å². The molecule has 0 aromatic heterocycles. The smallest absolute Gasteiger partial charge is 0.0672 e. The molecule has 1 aliphatic heterocycles. The van der Waals surface area contributed by atoms with Crippen LogP contribution in [0.2, 0.25) is 12.6 Å². The van der Waals surface area contributed by atoms with Gasteiger partial charge in [-0.1, -0.05) is 139 Å². The Hall–Kier alpha value is -3.42. The summed E-state index contributed by atoms with van der Waals surface area (Å²) in [6.45, 7) is 13.9. The fraction of sp³-hybridized carbons (Fsp3) is 0.200. The van der Waals surface area contributed by atoms with E-state index in [9.17, 15) is 0 Å². The van der Waals surface area contributed by atoms with Crippen LogP contribution in [0.25, 0.3) is 21.5 Å². The molecule has 4 aromatic carbocycles. The van der Waals surface area contributed by atoms with Crippen LogP contribution in [0.4, 0.5) is 0 Å². The highest BCUT2D eigenvalue weighted by Crippen LogP contribution is 2.57. The predicted molar refractivity (Wildman–Crippen MR) is 160 cm³/mol. The van der Waals surface area contributed by atoms with E-state index >= 15 is 0 Å². The number of rotatable bonds is 5. The van der Waals surface area contributed by atoms with E-state index in [0.717, 1.165) is 6.04 Å². The van der Waals surface area contributed by atoms with Crippen LogP contribution < -0.4 is 0 Å². The molecule has 0 aliphatic carbocycles. The van der Waals surface area contributed by atoms with Crippen LogP contribution in [-0.4, -0.2) is 8.07 Å². The molecule has 0 N–H and O–H groups in total. The first-order valence-electron chi connectivity index (χ1n) is 13.1. The molecule has 0 atom stereocenters. The van der Waals surface area contributed by atoms with Gasteiger partial charge < -0.3 is 0 Å². The second-order valence-electron chi connectivity index (χ2n) is 10.7. The van der Waals surface area contributed by atoms with Crippen LogP contribution in [0.1, 0.15) is 51.4 Å². The highest BCUT2D eigenvalue weighted by Gasteiger charge is 2.45. The predicted octanol–water partition coefficient (Wildman–Crippen LogP) is 9.63. The molecule has 180 valence electrons. The molecule has 0 radical (unpaired) electrons. The topological polar surface area (TPSA) is 0 Å². The van der Waals surface area contributed by atoms with Gasteiger partial charge in [0.15, 0.2) is 0 Å². The molecule has 4 aromatic rings. The van der Waals surface area contributed by atoms with E-state index < -0.39 is 8.07 Å². The molecular weight excluding hydrogens is 448 g/mol. The minimum Gasteiger partial charge on any atom is -0.0672 e. The van der Waals surface area contributed by atoms with Crippen molar-refractivity contribution in [1.29, 1.82) is 0 Å². The SMILES string of the molecule is CC[Si]1(C)C(c2cccc(C)c2)=C(c2cccc(C)c2)C(c2cccc(C)c2)=C1c1cccc(C)c1. The van der Waals surface area contributed by atoms with Gasteiger partial charge in [0.25, 0.3) is 0 Å². The molecule has 36 heavy (non-hydrogen) atoms. The molecule has 1 heterocycles. The maximum Gasteiger partial charge on any atom is 0.118 e. The minimum atomic E-state index is -2.11. The van der Waals surface area contributed by atoms with Crippen molar-refractivity contribution in [3.8, 4) is 0 Å². The summed E-state index contributed by atoms with van der Waals surface area (Å²) in [5.41, 5.74) is 13.5. The number of hydrogen-bond acceptors (Lipinski definition) is 0. The van der Waals surface area contributed by atoms with Gasteiger partial charge in [0.2, 0.25) is 0 Å². The van der Waals surface area contributed by atoms with Gasteiger partial charge in [0.05, 0.1) is 0 Å². The second-order valence-corrected chi connectivity index (χ2v) is 15.0. The van der Waals surface area contributed by atoms with Crippen LogP contribution in [0.3, 0.4) is 0 Å². The van der Waals surface area contributed by atoms with Gasteiger partial charge in [-0.2, -0.15) is 0 Å². The third kappa shape index (κ3) is 4.22. The average molecular weight is 485 g/mol. The largest absolute Gasteiger partial charge is 0.118 e. The zero-order valence-corrected chi connectivity index (χ0v) is 23.4. The molecule has 5 rings (SSSR count). The first-order chi connectivity index (χ1) is 17.3. The Morgan fingerprint density at radius 1 is 0.472 bits per heavy atom. The quantitative estimate of drug-likeness (QED) is 0.247. The first-order valence-corrected chi connectivity index (χ1v) is 15.8. The molecule has 1 heteroatoms. The summed E-state index contributed by atoms with van der Waals surface area (Å²) in [5, 5.41) is 3.15. The number of benzene rings is 4. The van der Waals surface area contributed by atoms with Crippen molar-refractivity contribution in [1.82, 2.24) is 0 Å². The molecule has 0 nitrogen and oxygen atoms in total. The maximum atomic E-state index is 2.60. The van der Waals surface area contributed by atoms with Gasteiger partial charge in [0, 0.05) is 0 Å². The number of aryl methyl sites for hydroxylation is 4. The molecule has 0 spiro atoms. The fourth-order valence-electron chi connectivity index (χ4n) is 5.99.